The molecule has 8 aromatic rings. The molecule has 2 unspecified atom stereocenters. The van der Waals surface area contributed by atoms with Crippen molar-refractivity contribution in [2.75, 3.05) is 117 Å². The molecule has 2 aliphatic carbocycles. The minimum Gasteiger partial charge on any atom is -0.507 e. The van der Waals surface area contributed by atoms with Gasteiger partial charge < -0.3 is 108 Å². The number of aliphatic imine (C=N–C) groups is 1. The lowest BCUT2D eigenvalue weighted by Gasteiger charge is -2.43. The summed E-state index contributed by atoms with van der Waals surface area (Å²) in [4.78, 5) is 218. The summed E-state index contributed by atoms with van der Waals surface area (Å²) < 4.78 is 34.8. The highest BCUT2D eigenvalue weighted by Crippen LogP contribution is 2.53. The predicted octanol–water partition coefficient (Wildman–Crippen LogP) is 2.63. The molecule has 3 aliphatic rings. The molecule has 1 saturated heterocycles. The number of Topliss-reactive ketones (excluding diaryl/α,β-unsaturated/α-hetero) is 4. The number of nitrogens with zero attached hydrogens (tertiary/aromatic N) is 8. The van der Waals surface area contributed by atoms with E-state index in [1.54, 1.807) is 55.5 Å². The Balaban J connectivity index is 0.565. The minimum absolute atomic E-state index is 0.00233. The monoisotopic (exact) mass is 1940 g/mol. The second-order valence-corrected chi connectivity index (χ2v) is 34.6. The maximum absolute atomic E-state index is 14.2. The number of phenolic OH excluding ortho intramolecular Hbond substituents is 2. The summed E-state index contributed by atoms with van der Waals surface area (Å²) in [6, 6.07) is 16.8. The van der Waals surface area contributed by atoms with E-state index in [1.807, 2.05) is 4.90 Å². The van der Waals surface area contributed by atoms with Crippen molar-refractivity contribution in [2.24, 2.45) is 22.6 Å². The third-order valence-corrected chi connectivity index (χ3v) is 24.4. The van der Waals surface area contributed by atoms with Crippen LogP contribution >= 0.6 is 0 Å². The first-order valence-corrected chi connectivity index (χ1v) is 46.4. The number of rotatable bonds is 58. The van der Waals surface area contributed by atoms with E-state index in [2.05, 4.69) is 66.1 Å². The Hall–Kier alpha value is -13.6. The average molecular weight is 1940 g/mol. The minimum atomic E-state index is -2.19. The van der Waals surface area contributed by atoms with Gasteiger partial charge in [-0.15, -0.1) is 0 Å². The zero-order valence-electron chi connectivity index (χ0n) is 77.8. The number of carboxylic acids is 2. The molecule has 44 heteroatoms. The second-order valence-electron chi connectivity index (χ2n) is 34.6. The van der Waals surface area contributed by atoms with Gasteiger partial charge in [0.15, 0.2) is 51.8 Å². The Morgan fingerprint density at radius 1 is 0.586 bits per heavy atom. The van der Waals surface area contributed by atoms with Gasteiger partial charge >= 0.3 is 11.9 Å². The number of amides is 4. The van der Waals surface area contributed by atoms with Crippen molar-refractivity contribution in [2.45, 2.75) is 184 Å². The van der Waals surface area contributed by atoms with E-state index < -0.39 is 160 Å². The van der Waals surface area contributed by atoms with E-state index in [4.69, 9.17) is 45.6 Å². The van der Waals surface area contributed by atoms with Gasteiger partial charge in [-0.25, -0.2) is 19.9 Å². The number of aliphatic hydroxyl groups is 3. The van der Waals surface area contributed by atoms with Crippen molar-refractivity contribution in [1.82, 2.24) is 66.0 Å². The normalized spacial score (nSPS) is 17.2. The van der Waals surface area contributed by atoms with Crippen LogP contribution in [-0.4, -0.2) is 292 Å². The molecule has 4 aromatic heterocycles. The number of aliphatic hydroxyl groups excluding tert-OH is 2. The lowest BCUT2D eigenvalue weighted by atomic mass is 9.71. The molecule has 1 aliphatic heterocycles. The first-order chi connectivity index (χ1) is 67.2. The van der Waals surface area contributed by atoms with Crippen LogP contribution in [0.25, 0.3) is 22.3 Å². The number of aliphatic carboxylic acids is 2. The van der Waals surface area contributed by atoms with Gasteiger partial charge in [0.05, 0.1) is 111 Å². The summed E-state index contributed by atoms with van der Waals surface area (Å²) >= 11 is 0. The lowest BCUT2D eigenvalue weighted by Crippen LogP contribution is -2.53. The first-order valence-electron chi connectivity index (χ1n) is 46.4. The van der Waals surface area contributed by atoms with Crippen molar-refractivity contribution in [3.05, 3.63) is 167 Å². The number of aromatic hydroxyl groups is 2. The number of H-pyrrole nitrogens is 2. The van der Waals surface area contributed by atoms with Gasteiger partial charge in [0.2, 0.25) is 41.3 Å². The summed E-state index contributed by atoms with van der Waals surface area (Å²) in [5.74, 6) is -11.1. The van der Waals surface area contributed by atoms with Crippen molar-refractivity contribution in [3.63, 3.8) is 0 Å². The third-order valence-electron chi connectivity index (χ3n) is 24.4. The predicted molar refractivity (Wildman–Crippen MR) is 503 cm³/mol. The van der Waals surface area contributed by atoms with E-state index in [1.165, 1.54) is 37.7 Å². The van der Waals surface area contributed by atoms with Crippen molar-refractivity contribution >= 4 is 110 Å². The SMILES string of the molecule is COc1cccc2c1C(=O)c1c(O)c3c(c(O)c1C2=O)C[C@@](O)(C(CO)=NCC(=O)CCCC(=O)CCCCOCCOCCOCCCN(CCC(=O)NCCNC(=O)CCC(CC(=O)c1ccc(CCc2cnc4c(=O)[nH]c(N)nc4n2)cc1)C(=O)O)CCC(=O)NCCNC(=O)CCC(CC(=O)c1ccc(CCc2cnc4c(=O)[nH]c(N)nc4n2)cc1)C(=O)O)C[C@H]3O[C@H]1C[C@@H](N)[C@@H](O)[C@@H](C)O1. The maximum Gasteiger partial charge on any atom is 0.306 e. The van der Waals surface area contributed by atoms with Crippen LogP contribution in [0.1, 0.15) is 208 Å². The molecule has 750 valence electrons. The number of nitrogen functional groups attached to an aromatic ring is 2. The summed E-state index contributed by atoms with van der Waals surface area (Å²) in [6.45, 7) is 2.72. The molecule has 4 aromatic carbocycles. The number of carboxylic acid groups (broad SMARTS) is 2. The van der Waals surface area contributed by atoms with Crippen LogP contribution in [0.5, 0.6) is 17.2 Å². The van der Waals surface area contributed by atoms with Gasteiger partial charge in [-0.1, -0.05) is 60.7 Å². The molecule has 19 N–H and O–H groups in total. The number of benzene rings is 4. The molecular formula is C96H119N17O27. The van der Waals surface area contributed by atoms with Crippen LogP contribution in [0.15, 0.2) is 93.7 Å². The van der Waals surface area contributed by atoms with E-state index in [0.717, 1.165) is 11.1 Å². The van der Waals surface area contributed by atoms with E-state index >= 15 is 0 Å². The zero-order chi connectivity index (χ0) is 101. The van der Waals surface area contributed by atoms with Gasteiger partial charge in [-0.3, -0.25) is 82.1 Å². The standard InChI is InChI=1S/C96H119N17O27/c1-53-83(123)66(97)46-76(139-53)140-70-48-96(134,47-65-78(70)87(127)80-79(85(65)125)84(124)64-11-6-12-69(135-2)77(64)86(80)126)71(52-114)104-51-63(116)10-5-9-62(115)8-3-4-38-136-40-42-138-43-41-137-39-7-35-113(36-29-74(121)102-33-31-100-72(119)27-23-58(92(130)131)44-67(117)56-19-13-54(14-20-56)17-25-60-49-105-81-88(107-60)109-94(98)111-90(81)128)37-30-75(122)103-34-32-101-73(120)28-24-59(93(132)133)45-68(118)57-21-15-55(16-22-57)18-26-61-50-106-82-89(108-61)110-95(99)112-91(82)129/h6,11-16,19-22,49-50,53,58-59,66,70,76,83,114,123,125,127,134H,3-5,7-10,17-18,23-48,51-52,97H2,1-2H3,(H,100,119)(H,101,120)(H,102,121)(H,103,122)(H,130,131)(H,132,133)(H3,98,107,109,111,128)(H3,99,108,110,112,129)/t53-,58?,59?,66-,70-,76+,83+,96+/m1/s1. The number of hydrogen-bond donors (Lipinski definition) is 16. The summed E-state index contributed by atoms with van der Waals surface area (Å²) in [7, 11) is 1.30. The Kier molecular flexibility index (Phi) is 39.6. The molecule has 0 bridgehead atoms. The molecule has 0 spiro atoms. The molecule has 8 atom stereocenters. The van der Waals surface area contributed by atoms with Crippen LogP contribution in [0.2, 0.25) is 0 Å². The van der Waals surface area contributed by atoms with Gasteiger partial charge in [-0.2, -0.15) is 9.97 Å². The molecule has 11 rings (SSSR count). The number of carbonyl (C=O) groups is 12. The summed E-state index contributed by atoms with van der Waals surface area (Å²) in [5.41, 5.74) is 16.1. The van der Waals surface area contributed by atoms with E-state index in [0.29, 0.717) is 69.5 Å². The topological polar surface area (TPSA) is 687 Å². The Bertz CT molecular complexity index is 5730. The Morgan fingerprint density at radius 3 is 1.57 bits per heavy atom. The molecule has 0 saturated carbocycles. The van der Waals surface area contributed by atoms with E-state index in [-0.39, 0.29) is 252 Å². The van der Waals surface area contributed by atoms with Gasteiger partial charge in [0.25, 0.3) is 11.1 Å². The molecule has 0 radical (unpaired) electrons. The quantitative estimate of drug-likeness (QED) is 0.0113. The highest BCUT2D eigenvalue weighted by molar-refractivity contribution is 6.31. The highest BCUT2D eigenvalue weighted by atomic mass is 16.7. The zero-order valence-corrected chi connectivity index (χ0v) is 77.8. The number of nitrogens with two attached hydrogens (primary N) is 3. The number of phenols is 2. The number of anilines is 2. The number of ketones is 6. The Labute approximate surface area is 802 Å². The molecule has 44 nitrogen and oxygen atoms in total. The van der Waals surface area contributed by atoms with Crippen molar-refractivity contribution in [3.8, 4) is 17.2 Å². The molecule has 140 heavy (non-hydrogen) atoms. The summed E-state index contributed by atoms with van der Waals surface area (Å²) in [5, 5.41) is 88.5. The number of fused-ring (bicyclic) bond motifs is 5. The van der Waals surface area contributed by atoms with Gasteiger partial charge in [0.1, 0.15) is 28.6 Å². The number of unbranched alkanes of at least 4 members (excludes halogenated alkanes) is 1. The van der Waals surface area contributed by atoms with Crippen LogP contribution in [0.3, 0.4) is 0 Å². The molecule has 4 amide bonds. The number of aryl methyl sites for hydroxylation is 4. The molecule has 5 heterocycles. The maximum atomic E-state index is 14.2. The fraction of sp³-hybridized carbons (Fsp3) is 0.490. The Morgan fingerprint density at radius 2 is 1.07 bits per heavy atom. The number of carbonyl (C=O) groups excluding carboxylic acids is 10. The van der Waals surface area contributed by atoms with Crippen LogP contribution in [0, 0.1) is 11.8 Å². The number of ether oxygens (including phenoxy) is 6. The fourth-order valence-corrected chi connectivity index (χ4v) is 16.7. The number of aromatic nitrogens is 8. The number of aromatic amines is 2. The van der Waals surface area contributed by atoms with Crippen LogP contribution < -0.4 is 54.3 Å². The lowest BCUT2D eigenvalue weighted by molar-refractivity contribution is -0.245. The average Bonchev–Trinajstić information content (AvgIpc) is 0.707. The van der Waals surface area contributed by atoms with Crippen LogP contribution in [0.4, 0.5) is 11.9 Å². The largest absolute Gasteiger partial charge is 0.507 e. The molecule has 1 fully saturated rings. The first kappa shape index (κ1) is 107. The number of methoxy groups -OCH3 is 1. The number of hydrogen-bond acceptors (Lipinski definition) is 36. The second kappa shape index (κ2) is 51.9. The third kappa shape index (κ3) is 30.2. The van der Waals surface area contributed by atoms with E-state index in [9.17, 15) is 103 Å². The summed E-state index contributed by atoms with van der Waals surface area (Å²) in [6.07, 6.45) is -0.144. The van der Waals surface area contributed by atoms with Crippen molar-refractivity contribution in [1.29, 1.82) is 0 Å². The number of nitrogens with one attached hydrogen (secondary N) is 6. The van der Waals surface area contributed by atoms with Crippen molar-refractivity contribution < 1.29 is 122 Å². The highest BCUT2D eigenvalue weighted by Gasteiger charge is 2.50. The van der Waals surface area contributed by atoms with Gasteiger partial charge in [0, 0.05) is 182 Å². The molecular weight excluding hydrogens is 1820 g/mol. The van der Waals surface area contributed by atoms with Crippen LogP contribution in [-0.2, 0) is 94.1 Å². The van der Waals surface area contributed by atoms with Gasteiger partial charge in [-0.05, 0) is 88.3 Å². The fourth-order valence-electron chi connectivity index (χ4n) is 16.7. The smallest absolute Gasteiger partial charge is 0.306 e.